The molecule has 0 saturated heterocycles. The zero-order valence-corrected chi connectivity index (χ0v) is 8.62. The summed E-state index contributed by atoms with van der Waals surface area (Å²) in [6.45, 7) is 1.27. The summed E-state index contributed by atoms with van der Waals surface area (Å²) in [5, 5.41) is 0. The van der Waals surface area contributed by atoms with E-state index in [2.05, 4.69) is 0 Å². The normalized spacial score (nSPS) is 13.2. The first kappa shape index (κ1) is 14.2. The van der Waals surface area contributed by atoms with Crippen LogP contribution >= 0.6 is 12.4 Å². The van der Waals surface area contributed by atoms with Crippen molar-refractivity contribution in [3.05, 3.63) is 35.1 Å². The number of hydrogen-bond acceptors (Lipinski definition) is 1. The van der Waals surface area contributed by atoms with Gasteiger partial charge in [-0.25, -0.2) is 4.39 Å². The predicted octanol–water partition coefficient (Wildman–Crippen LogP) is 3.12. The molecule has 1 aromatic rings. The molecule has 0 aliphatic rings. The van der Waals surface area contributed by atoms with E-state index in [9.17, 15) is 17.6 Å². The molecule has 0 aliphatic carbocycles. The van der Waals surface area contributed by atoms with Crippen LogP contribution in [0.25, 0.3) is 0 Å². The van der Waals surface area contributed by atoms with E-state index in [0.29, 0.717) is 0 Å². The Labute approximate surface area is 90.7 Å². The Morgan fingerprint density at radius 2 is 1.80 bits per heavy atom. The van der Waals surface area contributed by atoms with E-state index < -0.39 is 18.0 Å². The molecule has 1 nitrogen and oxygen atoms in total. The van der Waals surface area contributed by atoms with Crippen LogP contribution < -0.4 is 5.73 Å². The van der Waals surface area contributed by atoms with E-state index in [1.54, 1.807) is 0 Å². The number of rotatable bonds is 1. The summed E-state index contributed by atoms with van der Waals surface area (Å²) in [6, 6.07) is 1.36. The zero-order valence-electron chi connectivity index (χ0n) is 7.81. The lowest BCUT2D eigenvalue weighted by molar-refractivity contribution is -0.149. The van der Waals surface area contributed by atoms with Gasteiger partial charge >= 0.3 is 6.18 Å². The van der Waals surface area contributed by atoms with E-state index in [4.69, 9.17) is 5.73 Å². The van der Waals surface area contributed by atoms with E-state index >= 15 is 0 Å². The molecule has 6 heteroatoms. The van der Waals surface area contributed by atoms with Crippen molar-refractivity contribution in [3.63, 3.8) is 0 Å². The van der Waals surface area contributed by atoms with E-state index in [1.807, 2.05) is 0 Å². The van der Waals surface area contributed by atoms with Gasteiger partial charge in [-0.05, 0) is 24.1 Å². The molecule has 0 unspecified atom stereocenters. The van der Waals surface area contributed by atoms with Crippen molar-refractivity contribution < 1.29 is 17.6 Å². The van der Waals surface area contributed by atoms with Crippen molar-refractivity contribution in [2.75, 3.05) is 0 Å². The highest BCUT2D eigenvalue weighted by Gasteiger charge is 2.38. The summed E-state index contributed by atoms with van der Waals surface area (Å²) >= 11 is 0. The van der Waals surface area contributed by atoms with Crippen LogP contribution in [0.15, 0.2) is 18.2 Å². The van der Waals surface area contributed by atoms with Gasteiger partial charge in [0.25, 0.3) is 0 Å². The minimum absolute atomic E-state index is 0. The summed E-state index contributed by atoms with van der Waals surface area (Å²) in [5.41, 5.74) is 4.67. The second-order valence-electron chi connectivity index (χ2n) is 2.97. The molecule has 0 amide bonds. The second kappa shape index (κ2) is 4.81. The molecule has 15 heavy (non-hydrogen) atoms. The van der Waals surface area contributed by atoms with Gasteiger partial charge in [-0.15, -0.1) is 12.4 Å². The molecular weight excluding hydrogens is 234 g/mol. The van der Waals surface area contributed by atoms with E-state index in [-0.39, 0.29) is 23.5 Å². The van der Waals surface area contributed by atoms with Crippen molar-refractivity contribution in [3.8, 4) is 0 Å². The van der Waals surface area contributed by atoms with Crippen molar-refractivity contribution in [1.82, 2.24) is 0 Å². The highest BCUT2D eigenvalue weighted by Crippen LogP contribution is 2.32. The second-order valence-corrected chi connectivity index (χ2v) is 2.97. The Kier molecular flexibility index (Phi) is 4.55. The highest BCUT2D eigenvalue weighted by molar-refractivity contribution is 5.85. The van der Waals surface area contributed by atoms with Crippen molar-refractivity contribution in [2.24, 2.45) is 5.73 Å². The lowest BCUT2D eigenvalue weighted by atomic mass is 10.0. The highest BCUT2D eigenvalue weighted by atomic mass is 35.5. The van der Waals surface area contributed by atoms with Gasteiger partial charge in [0.2, 0.25) is 0 Å². The summed E-state index contributed by atoms with van der Waals surface area (Å²) in [4.78, 5) is 0. The van der Waals surface area contributed by atoms with Gasteiger partial charge in [-0.3, -0.25) is 0 Å². The summed E-state index contributed by atoms with van der Waals surface area (Å²) in [7, 11) is 0. The lowest BCUT2D eigenvalue weighted by Gasteiger charge is -2.17. The summed E-state index contributed by atoms with van der Waals surface area (Å²) in [5.74, 6) is -0.679. The molecule has 0 radical (unpaired) electrons. The van der Waals surface area contributed by atoms with Crippen LogP contribution in [0.4, 0.5) is 17.6 Å². The van der Waals surface area contributed by atoms with Gasteiger partial charge in [-0.1, -0.05) is 12.1 Å². The number of nitrogens with two attached hydrogens (primary N) is 1. The molecule has 0 aromatic heterocycles. The fourth-order valence-electron chi connectivity index (χ4n) is 1.14. The van der Waals surface area contributed by atoms with Crippen LogP contribution in [-0.2, 0) is 0 Å². The SMILES string of the molecule is Cc1c(F)cccc1[C@H](N)C(F)(F)F.Cl. The molecule has 1 rings (SSSR count). The van der Waals surface area contributed by atoms with Crippen LogP contribution in [0.2, 0.25) is 0 Å². The molecule has 0 bridgehead atoms. The monoisotopic (exact) mass is 243 g/mol. The van der Waals surface area contributed by atoms with Crippen LogP contribution in [0.3, 0.4) is 0 Å². The first-order valence-corrected chi connectivity index (χ1v) is 3.91. The molecule has 0 spiro atoms. The maximum atomic E-state index is 12.9. The summed E-state index contributed by atoms with van der Waals surface area (Å²) < 4.78 is 49.5. The zero-order chi connectivity index (χ0) is 10.9. The van der Waals surface area contributed by atoms with Gasteiger partial charge in [0.05, 0.1) is 0 Å². The number of benzene rings is 1. The third-order valence-electron chi connectivity index (χ3n) is 2.00. The molecule has 0 heterocycles. The first-order chi connectivity index (χ1) is 6.34. The van der Waals surface area contributed by atoms with Crippen molar-refractivity contribution in [1.29, 1.82) is 0 Å². The Morgan fingerprint density at radius 3 is 2.27 bits per heavy atom. The van der Waals surface area contributed by atoms with Crippen LogP contribution in [0.5, 0.6) is 0 Å². The van der Waals surface area contributed by atoms with Gasteiger partial charge in [0.15, 0.2) is 0 Å². The first-order valence-electron chi connectivity index (χ1n) is 3.91. The van der Waals surface area contributed by atoms with Crippen LogP contribution in [0.1, 0.15) is 17.2 Å². The van der Waals surface area contributed by atoms with Gasteiger partial charge in [0.1, 0.15) is 11.9 Å². The number of halogens is 5. The van der Waals surface area contributed by atoms with Crippen molar-refractivity contribution in [2.45, 2.75) is 19.1 Å². The fraction of sp³-hybridized carbons (Fsp3) is 0.333. The standard InChI is InChI=1S/C9H9F4N.ClH/c1-5-6(3-2-4-7(5)10)8(14)9(11,12)13;/h2-4,8H,14H2,1H3;1H/t8-;/m0./s1. The average Bonchev–Trinajstić information content (AvgIpc) is 2.07. The third-order valence-corrected chi connectivity index (χ3v) is 2.00. The predicted molar refractivity (Wildman–Crippen MR) is 51.4 cm³/mol. The van der Waals surface area contributed by atoms with E-state index in [1.165, 1.54) is 19.1 Å². The topological polar surface area (TPSA) is 26.0 Å². The molecular formula is C9H10ClF4N. The van der Waals surface area contributed by atoms with Gasteiger partial charge in [-0.2, -0.15) is 13.2 Å². The maximum Gasteiger partial charge on any atom is 0.407 e. The quantitative estimate of drug-likeness (QED) is 0.754. The van der Waals surface area contributed by atoms with Gasteiger partial charge < -0.3 is 5.73 Å². The molecule has 0 fully saturated rings. The third kappa shape index (κ3) is 3.07. The summed E-state index contributed by atoms with van der Waals surface area (Å²) in [6.07, 6.45) is -4.54. The van der Waals surface area contributed by atoms with Crippen LogP contribution in [-0.4, -0.2) is 6.18 Å². The molecule has 2 N–H and O–H groups in total. The van der Waals surface area contributed by atoms with Gasteiger partial charge in [0, 0.05) is 0 Å². The Balaban J connectivity index is 0.00000196. The number of hydrogen-bond donors (Lipinski definition) is 1. The minimum atomic E-state index is -4.54. The van der Waals surface area contributed by atoms with Crippen LogP contribution in [0, 0.1) is 12.7 Å². The number of alkyl halides is 3. The smallest absolute Gasteiger partial charge is 0.316 e. The Bertz CT molecular complexity index is 337. The lowest BCUT2D eigenvalue weighted by Crippen LogP contribution is -2.29. The molecule has 0 aliphatic heterocycles. The molecule has 1 aromatic carbocycles. The minimum Gasteiger partial charge on any atom is -0.316 e. The Morgan fingerprint density at radius 1 is 1.27 bits per heavy atom. The fourth-order valence-corrected chi connectivity index (χ4v) is 1.14. The molecule has 1 atom stereocenters. The molecule has 0 saturated carbocycles. The average molecular weight is 244 g/mol. The largest absolute Gasteiger partial charge is 0.407 e. The molecule has 86 valence electrons. The van der Waals surface area contributed by atoms with Crippen molar-refractivity contribution >= 4 is 12.4 Å². The maximum absolute atomic E-state index is 12.9. The Hall–Kier alpha value is -0.810. The van der Waals surface area contributed by atoms with E-state index in [0.717, 1.165) is 6.07 Å².